The van der Waals surface area contributed by atoms with E-state index in [1.54, 1.807) is 12.2 Å². The lowest BCUT2D eigenvalue weighted by molar-refractivity contribution is -0.149. The van der Waals surface area contributed by atoms with Gasteiger partial charge in [-0.2, -0.15) is 0 Å². The molecule has 1 N–H and O–H groups in total. The molecule has 0 aromatic heterocycles. The van der Waals surface area contributed by atoms with Crippen LogP contribution >= 0.6 is 0 Å². The Morgan fingerprint density at radius 3 is 2.16 bits per heavy atom. The first kappa shape index (κ1) is 24.6. The van der Waals surface area contributed by atoms with E-state index < -0.39 is 48.2 Å². The fourth-order valence-corrected chi connectivity index (χ4v) is 4.14. The van der Waals surface area contributed by atoms with E-state index in [0.29, 0.717) is 19.3 Å². The third kappa shape index (κ3) is 7.21. The second kappa shape index (κ2) is 10.6. The first-order valence-corrected chi connectivity index (χ1v) is 10.4. The zero-order chi connectivity index (χ0) is 23.3. The Morgan fingerprint density at radius 2 is 1.55 bits per heavy atom. The number of hydrogen-bond acceptors (Lipinski definition) is 7. The maximum atomic E-state index is 12.3. The molecule has 0 bridgehead atoms. The number of carbonyl (C=O) groups is 3. The van der Waals surface area contributed by atoms with Gasteiger partial charge in [0.15, 0.2) is 0 Å². The van der Waals surface area contributed by atoms with Gasteiger partial charge in [-0.3, -0.25) is 9.59 Å². The molecular weight excluding hydrogens is 400 g/mol. The van der Waals surface area contributed by atoms with Crippen molar-refractivity contribution in [2.75, 3.05) is 0 Å². The average Bonchev–Trinajstić information content (AvgIpc) is 2.85. The molecule has 0 saturated carbocycles. The molecule has 0 radical (unpaired) electrons. The number of rotatable bonds is 2. The summed E-state index contributed by atoms with van der Waals surface area (Å²) in [4.78, 5) is 35.7. The maximum Gasteiger partial charge on any atom is 0.334 e. The molecule has 31 heavy (non-hydrogen) atoms. The summed E-state index contributed by atoms with van der Waals surface area (Å²) in [7, 11) is 0. The van der Waals surface area contributed by atoms with Crippen LogP contribution in [0.4, 0.5) is 0 Å². The molecule has 1 saturated heterocycles. The highest BCUT2D eigenvalue weighted by Crippen LogP contribution is 2.36. The highest BCUT2D eigenvalue weighted by molar-refractivity contribution is 5.91. The molecule has 1 heterocycles. The average molecular weight is 433 g/mol. The van der Waals surface area contributed by atoms with Crippen LogP contribution in [0.2, 0.25) is 0 Å². The van der Waals surface area contributed by atoms with Crippen molar-refractivity contribution < 1.29 is 33.7 Å². The zero-order valence-corrected chi connectivity index (χ0v) is 18.8. The van der Waals surface area contributed by atoms with Crippen molar-refractivity contribution >= 4 is 17.9 Å². The van der Waals surface area contributed by atoms with Crippen LogP contribution in [0, 0.1) is 5.92 Å². The predicted octanol–water partition coefficient (Wildman–Crippen LogP) is 3.33. The second-order valence-corrected chi connectivity index (χ2v) is 8.44. The highest BCUT2D eigenvalue weighted by atomic mass is 16.6. The molecule has 170 valence electrons. The van der Waals surface area contributed by atoms with Crippen LogP contribution in [0.25, 0.3) is 0 Å². The van der Waals surface area contributed by atoms with Gasteiger partial charge in [0.1, 0.15) is 18.3 Å². The second-order valence-electron chi connectivity index (χ2n) is 8.44. The van der Waals surface area contributed by atoms with E-state index in [9.17, 15) is 19.5 Å². The molecule has 1 aliphatic carbocycles. The van der Waals surface area contributed by atoms with Crippen molar-refractivity contribution in [2.45, 2.75) is 78.3 Å². The zero-order valence-electron chi connectivity index (χ0n) is 18.8. The molecule has 0 spiro atoms. The van der Waals surface area contributed by atoms with Crippen LogP contribution < -0.4 is 0 Å². The monoisotopic (exact) mass is 432 g/mol. The Morgan fingerprint density at radius 1 is 0.968 bits per heavy atom. The van der Waals surface area contributed by atoms with Crippen molar-refractivity contribution in [3.05, 3.63) is 47.1 Å². The lowest BCUT2D eigenvalue weighted by Gasteiger charge is -2.27. The minimum absolute atomic E-state index is 0.244. The molecule has 7 nitrogen and oxygen atoms in total. The maximum absolute atomic E-state index is 12.3. The van der Waals surface area contributed by atoms with Gasteiger partial charge >= 0.3 is 17.9 Å². The summed E-state index contributed by atoms with van der Waals surface area (Å²) in [5.74, 6) is -1.98. The van der Waals surface area contributed by atoms with E-state index in [4.69, 9.17) is 14.2 Å². The van der Waals surface area contributed by atoms with E-state index in [-0.39, 0.29) is 5.57 Å². The molecular formula is C24H32O7. The summed E-state index contributed by atoms with van der Waals surface area (Å²) in [5.41, 5.74) is 2.78. The SMILES string of the molecule is C=C1C(=O)OC2C=C(C)CC(O)C=C(C)CC(OC(C)=O)C=C(C)CC(OC(C)=O)C12. The third-order valence-corrected chi connectivity index (χ3v) is 5.27. The van der Waals surface area contributed by atoms with Gasteiger partial charge in [0.05, 0.1) is 12.0 Å². The van der Waals surface area contributed by atoms with Gasteiger partial charge in [-0.1, -0.05) is 29.4 Å². The predicted molar refractivity (Wildman–Crippen MR) is 115 cm³/mol. The molecule has 2 rings (SSSR count). The van der Waals surface area contributed by atoms with E-state index in [0.717, 1.165) is 16.7 Å². The smallest absolute Gasteiger partial charge is 0.334 e. The Bertz CT molecular complexity index is 833. The number of hydrogen-bond donors (Lipinski definition) is 1. The van der Waals surface area contributed by atoms with Crippen molar-refractivity contribution in [3.63, 3.8) is 0 Å². The van der Waals surface area contributed by atoms with E-state index in [1.165, 1.54) is 13.8 Å². The van der Waals surface area contributed by atoms with Crippen LogP contribution in [-0.2, 0) is 28.6 Å². The normalized spacial score (nSPS) is 30.1. The van der Waals surface area contributed by atoms with Gasteiger partial charge in [0, 0.05) is 32.3 Å². The van der Waals surface area contributed by atoms with E-state index in [2.05, 4.69) is 6.58 Å². The first-order valence-electron chi connectivity index (χ1n) is 10.4. The van der Waals surface area contributed by atoms with Gasteiger partial charge in [-0.25, -0.2) is 4.79 Å². The molecule has 1 aliphatic heterocycles. The number of carbonyl (C=O) groups excluding carboxylic acids is 3. The minimum atomic E-state index is -0.745. The molecule has 1 fully saturated rings. The largest absolute Gasteiger partial charge is 0.461 e. The lowest BCUT2D eigenvalue weighted by Crippen LogP contribution is -2.33. The minimum Gasteiger partial charge on any atom is -0.461 e. The van der Waals surface area contributed by atoms with Gasteiger partial charge in [-0.05, 0) is 39.3 Å². The number of aliphatic hydroxyl groups is 1. The van der Waals surface area contributed by atoms with Gasteiger partial charge in [0.2, 0.25) is 0 Å². The molecule has 0 amide bonds. The molecule has 0 aromatic carbocycles. The van der Waals surface area contributed by atoms with Crippen LogP contribution in [0.15, 0.2) is 47.1 Å². The lowest BCUT2D eigenvalue weighted by atomic mass is 9.86. The summed E-state index contributed by atoms with van der Waals surface area (Å²) in [6.07, 6.45) is 3.83. The highest BCUT2D eigenvalue weighted by Gasteiger charge is 2.44. The summed E-state index contributed by atoms with van der Waals surface area (Å²) in [6.45, 7) is 12.1. The Hall–Kier alpha value is -2.67. The summed E-state index contributed by atoms with van der Waals surface area (Å²) in [6, 6.07) is 0. The number of ether oxygens (including phenoxy) is 3. The fourth-order valence-electron chi connectivity index (χ4n) is 4.14. The van der Waals surface area contributed by atoms with Crippen molar-refractivity contribution in [2.24, 2.45) is 5.92 Å². The van der Waals surface area contributed by atoms with Gasteiger partial charge < -0.3 is 19.3 Å². The van der Waals surface area contributed by atoms with E-state index in [1.807, 2.05) is 26.8 Å². The topological polar surface area (TPSA) is 99.1 Å². The van der Waals surface area contributed by atoms with Crippen molar-refractivity contribution in [3.8, 4) is 0 Å². The Kier molecular flexibility index (Phi) is 8.39. The first-order chi connectivity index (χ1) is 14.5. The van der Waals surface area contributed by atoms with Crippen LogP contribution in [-0.4, -0.2) is 47.4 Å². The molecule has 5 atom stereocenters. The molecule has 0 aromatic rings. The number of aliphatic hydroxyl groups excluding tert-OH is 1. The number of esters is 3. The Labute approximate surface area is 183 Å². The summed E-state index contributed by atoms with van der Waals surface area (Å²) >= 11 is 0. The quantitative estimate of drug-likeness (QED) is 0.309. The van der Waals surface area contributed by atoms with Crippen LogP contribution in [0.5, 0.6) is 0 Å². The summed E-state index contributed by atoms with van der Waals surface area (Å²) < 4.78 is 16.5. The standard InChI is InChI=1S/C24H32O7/c1-13-7-19(27)8-14(2)11-22-23(16(4)24(28)31-22)21(30-18(6)26)12-15(3)10-20(9-13)29-17(5)25/h7,10-11,19-23,27H,4,8-9,12H2,1-3,5-6H3. The number of fused-ring (bicyclic) bond motifs is 1. The van der Waals surface area contributed by atoms with Crippen molar-refractivity contribution in [1.29, 1.82) is 0 Å². The Balaban J connectivity index is 2.52. The van der Waals surface area contributed by atoms with Gasteiger partial charge in [-0.15, -0.1) is 0 Å². The van der Waals surface area contributed by atoms with Gasteiger partial charge in [0.25, 0.3) is 0 Å². The molecule has 5 unspecified atom stereocenters. The third-order valence-electron chi connectivity index (χ3n) is 5.27. The van der Waals surface area contributed by atoms with Crippen LogP contribution in [0.3, 0.4) is 0 Å². The van der Waals surface area contributed by atoms with Crippen LogP contribution in [0.1, 0.15) is 53.9 Å². The molecule has 7 heteroatoms. The summed E-state index contributed by atoms with van der Waals surface area (Å²) in [5, 5.41) is 10.5. The van der Waals surface area contributed by atoms with Crippen molar-refractivity contribution in [1.82, 2.24) is 0 Å². The molecule has 2 aliphatic rings. The van der Waals surface area contributed by atoms with E-state index >= 15 is 0 Å². The fraction of sp³-hybridized carbons (Fsp3) is 0.542.